The second-order valence-corrected chi connectivity index (χ2v) is 15.8. The number of hydrogen-bond acceptors (Lipinski definition) is 4. The van der Waals surface area contributed by atoms with E-state index in [-0.39, 0.29) is 30.7 Å². The number of carbonyl (C=O) groups is 1. The average molecular weight is 561 g/mol. The summed E-state index contributed by atoms with van der Waals surface area (Å²) in [6.07, 6.45) is 13.6. The Morgan fingerprint density at radius 1 is 0.975 bits per heavy atom. The Morgan fingerprint density at radius 3 is 2.30 bits per heavy atom. The van der Waals surface area contributed by atoms with Gasteiger partial charge in [0.25, 0.3) is 0 Å². The van der Waals surface area contributed by atoms with Crippen molar-refractivity contribution >= 4 is 5.97 Å². The van der Waals surface area contributed by atoms with Crippen molar-refractivity contribution in [1.29, 1.82) is 0 Å². The van der Waals surface area contributed by atoms with Gasteiger partial charge in [0.1, 0.15) is 25.7 Å². The van der Waals surface area contributed by atoms with Gasteiger partial charge in [-0.15, -0.1) is 0 Å². The van der Waals surface area contributed by atoms with Gasteiger partial charge in [-0.05, 0) is 96.9 Å². The first-order chi connectivity index (χ1) is 18.9. The van der Waals surface area contributed by atoms with E-state index in [4.69, 9.17) is 4.74 Å². The normalized spacial score (nSPS) is 36.7. The number of nitrogens with zero attached hydrogens (tertiary/aromatic N) is 1. The van der Waals surface area contributed by atoms with Gasteiger partial charge in [-0.25, -0.2) is 0 Å². The summed E-state index contributed by atoms with van der Waals surface area (Å²) in [4.78, 5) is 11.9. The van der Waals surface area contributed by atoms with Gasteiger partial charge in [0.2, 0.25) is 0 Å². The Hall–Kier alpha value is -0.910. The van der Waals surface area contributed by atoms with E-state index in [9.17, 15) is 15.0 Å². The van der Waals surface area contributed by atoms with Gasteiger partial charge in [0, 0.05) is 13.3 Å². The number of rotatable bonds is 12. The number of fused-ring (bicyclic) bond motifs is 5. The Labute approximate surface area is 245 Å². The summed E-state index contributed by atoms with van der Waals surface area (Å²) in [5.41, 5.74) is 3.73. The van der Waals surface area contributed by atoms with Gasteiger partial charge >= 0.3 is 5.97 Å². The molecule has 0 spiro atoms. The predicted molar refractivity (Wildman–Crippen MR) is 162 cm³/mol. The highest BCUT2D eigenvalue weighted by Crippen LogP contribution is 2.68. The van der Waals surface area contributed by atoms with Gasteiger partial charge in [0.15, 0.2) is 0 Å². The highest BCUT2D eigenvalue weighted by Gasteiger charge is 2.60. The lowest BCUT2D eigenvalue weighted by Gasteiger charge is -2.60. The van der Waals surface area contributed by atoms with Gasteiger partial charge in [-0.1, -0.05) is 59.5 Å². The maximum absolute atomic E-state index is 11.9. The molecule has 0 aliphatic heterocycles. The van der Waals surface area contributed by atoms with Crippen LogP contribution in [0.25, 0.3) is 0 Å². The minimum absolute atomic E-state index is 0.0158. The summed E-state index contributed by atoms with van der Waals surface area (Å²) in [5, 5.41) is 19.9. The minimum Gasteiger partial charge on any atom is -0.462 e. The number of carbonyl (C=O) groups excluding carboxylic acids is 1. The van der Waals surface area contributed by atoms with E-state index in [1.165, 1.54) is 44.9 Å². The van der Waals surface area contributed by atoms with Crippen LogP contribution in [0.5, 0.6) is 0 Å². The third kappa shape index (κ3) is 6.37. The molecule has 5 nitrogen and oxygen atoms in total. The third-order valence-electron chi connectivity index (χ3n) is 12.7. The predicted octanol–water partition coefficient (Wildman–Crippen LogP) is 6.76. The summed E-state index contributed by atoms with van der Waals surface area (Å²) < 4.78 is 6.48. The first-order valence-electron chi connectivity index (χ1n) is 16.8. The maximum atomic E-state index is 11.9. The summed E-state index contributed by atoms with van der Waals surface area (Å²) >= 11 is 0. The zero-order valence-electron chi connectivity index (χ0n) is 27.0. The lowest BCUT2D eigenvalue weighted by atomic mass is 9.46. The minimum atomic E-state index is -0.168. The molecule has 0 aromatic rings. The van der Waals surface area contributed by atoms with Crippen molar-refractivity contribution in [3.8, 4) is 0 Å². The molecule has 4 aliphatic carbocycles. The largest absolute Gasteiger partial charge is 0.462 e. The molecule has 8 atom stereocenters. The molecule has 0 radical (unpaired) electrons. The van der Waals surface area contributed by atoms with Crippen LogP contribution >= 0.6 is 0 Å². The molecule has 40 heavy (non-hydrogen) atoms. The first-order valence-corrected chi connectivity index (χ1v) is 16.8. The smallest absolute Gasteiger partial charge is 0.302 e. The highest BCUT2D eigenvalue weighted by molar-refractivity contribution is 5.66. The molecule has 3 saturated carbocycles. The molecule has 0 heterocycles. The second kappa shape index (κ2) is 12.8. The van der Waals surface area contributed by atoms with Crippen LogP contribution in [-0.4, -0.2) is 66.7 Å². The van der Waals surface area contributed by atoms with E-state index in [0.717, 1.165) is 61.8 Å². The molecule has 0 saturated heterocycles. The number of aliphatic hydroxyl groups excluding tert-OH is 2. The first kappa shape index (κ1) is 32.0. The van der Waals surface area contributed by atoms with Crippen LogP contribution in [0.3, 0.4) is 0 Å². The van der Waals surface area contributed by atoms with E-state index in [1.54, 1.807) is 18.1 Å². The van der Waals surface area contributed by atoms with Crippen LogP contribution in [0.1, 0.15) is 112 Å². The zero-order valence-corrected chi connectivity index (χ0v) is 27.0. The van der Waals surface area contributed by atoms with Crippen molar-refractivity contribution in [2.75, 3.05) is 39.9 Å². The number of aliphatic hydroxyl groups is 2. The van der Waals surface area contributed by atoms with E-state index >= 15 is 0 Å². The van der Waals surface area contributed by atoms with E-state index in [0.29, 0.717) is 28.9 Å². The van der Waals surface area contributed by atoms with Gasteiger partial charge in [0.05, 0.1) is 20.3 Å². The van der Waals surface area contributed by atoms with Crippen LogP contribution in [0.15, 0.2) is 11.1 Å². The van der Waals surface area contributed by atoms with Gasteiger partial charge in [-0.3, -0.25) is 4.79 Å². The van der Waals surface area contributed by atoms with E-state index in [2.05, 4.69) is 41.7 Å². The number of quaternary nitrogens is 1. The average Bonchev–Trinajstić information content (AvgIpc) is 3.22. The van der Waals surface area contributed by atoms with Gasteiger partial charge < -0.3 is 19.4 Å². The van der Waals surface area contributed by atoms with E-state index < -0.39 is 0 Å². The van der Waals surface area contributed by atoms with Crippen molar-refractivity contribution < 1.29 is 24.2 Å². The number of likely N-dealkylation sites (N-methyl/N-ethyl adjacent to an activating group) is 1. The van der Waals surface area contributed by atoms with Crippen LogP contribution < -0.4 is 0 Å². The molecular weight excluding hydrogens is 498 g/mol. The molecule has 3 fully saturated rings. The fourth-order valence-corrected chi connectivity index (χ4v) is 10.6. The number of hydrogen-bond donors (Lipinski definition) is 2. The summed E-state index contributed by atoms with van der Waals surface area (Å²) in [6.45, 7) is 16.5. The Balaban J connectivity index is 1.64. The molecule has 0 bridgehead atoms. The summed E-state index contributed by atoms with van der Waals surface area (Å²) in [7, 11) is 2.20. The van der Waals surface area contributed by atoms with Crippen LogP contribution in [-0.2, 0) is 9.53 Å². The van der Waals surface area contributed by atoms with Gasteiger partial charge in [-0.2, -0.15) is 0 Å². The molecule has 0 amide bonds. The van der Waals surface area contributed by atoms with Crippen LogP contribution in [0.4, 0.5) is 0 Å². The fourth-order valence-electron chi connectivity index (χ4n) is 10.6. The maximum Gasteiger partial charge on any atom is 0.302 e. The quantitative estimate of drug-likeness (QED) is 0.157. The molecule has 0 aromatic carbocycles. The van der Waals surface area contributed by atoms with Crippen molar-refractivity contribution in [1.82, 2.24) is 0 Å². The van der Waals surface area contributed by atoms with Crippen molar-refractivity contribution in [2.45, 2.75) is 118 Å². The van der Waals surface area contributed by atoms with Crippen LogP contribution in [0, 0.1) is 46.3 Å². The molecule has 4 rings (SSSR count). The monoisotopic (exact) mass is 560 g/mol. The Morgan fingerprint density at radius 2 is 1.68 bits per heavy atom. The topological polar surface area (TPSA) is 66.8 Å². The van der Waals surface area contributed by atoms with Crippen molar-refractivity contribution in [3.63, 3.8) is 0 Å². The standard InChI is InChI=1S/C35H62NO4/c1-24(2)9-8-10-25(3)30-11-12-31-29-21-27(23-36(7,17-19-37)18-20-38)33-22-28(40-26(4)39)13-15-35(33,6)32(29)14-16-34(30,31)5/h24-25,28-32,37-38H,8-23H2,1-7H3/q+1/t25-,28+,29+,30-,31+,32+,34-,35-/m1/s1. The molecule has 230 valence electrons. The lowest BCUT2D eigenvalue weighted by Crippen LogP contribution is -2.55. The van der Waals surface area contributed by atoms with Crippen molar-refractivity contribution in [2.24, 2.45) is 46.3 Å². The number of esters is 1. The zero-order chi connectivity index (χ0) is 29.3. The lowest BCUT2D eigenvalue weighted by molar-refractivity contribution is -0.905. The Bertz CT molecular complexity index is 907. The van der Waals surface area contributed by atoms with Crippen molar-refractivity contribution in [3.05, 3.63) is 11.1 Å². The molecule has 5 heteroatoms. The van der Waals surface area contributed by atoms with E-state index in [1.807, 2.05) is 0 Å². The molecule has 2 N–H and O–H groups in total. The molecular formula is C35H62NO4+. The molecule has 4 aliphatic rings. The SMILES string of the molecule is CC(=O)O[C@H]1CC[C@@]2(C)C(=C(C[N+](C)(CCO)CCO)C[C@H]3[C@@H]4CC[C@H]([C@H](C)CCCC(C)C)[C@@]4(C)CC[C@@H]32)C1. The second-order valence-electron chi connectivity index (χ2n) is 15.8. The molecule has 0 unspecified atom stereocenters. The molecule has 0 aromatic heterocycles. The third-order valence-corrected chi connectivity index (χ3v) is 12.7. The fraction of sp³-hybridized carbons (Fsp3) is 0.914. The highest BCUT2D eigenvalue weighted by atomic mass is 16.5. The Kier molecular flexibility index (Phi) is 10.2. The van der Waals surface area contributed by atoms with Crippen LogP contribution in [0.2, 0.25) is 0 Å². The number of ether oxygens (including phenoxy) is 1. The summed E-state index contributed by atoms with van der Waals surface area (Å²) in [5.74, 6) is 4.51. The summed E-state index contributed by atoms with van der Waals surface area (Å²) in [6, 6.07) is 0.